The molecule has 4 heterocycles. The summed E-state index contributed by atoms with van der Waals surface area (Å²) in [5, 5.41) is 4.52. The van der Waals surface area contributed by atoms with Gasteiger partial charge in [-0.05, 0) is 37.1 Å². The highest BCUT2D eigenvalue weighted by Crippen LogP contribution is 2.39. The van der Waals surface area contributed by atoms with Gasteiger partial charge in [0.25, 0.3) is 0 Å². The highest BCUT2D eigenvalue weighted by Gasteiger charge is 2.24. The van der Waals surface area contributed by atoms with Gasteiger partial charge in [0.2, 0.25) is 0 Å². The quantitative estimate of drug-likeness (QED) is 0.505. The van der Waals surface area contributed by atoms with Crippen LogP contribution in [0, 0.1) is 6.92 Å². The molecule has 0 N–H and O–H groups in total. The van der Waals surface area contributed by atoms with Crippen LogP contribution in [0.2, 0.25) is 0 Å². The Hall–Kier alpha value is -2.67. The highest BCUT2D eigenvalue weighted by molar-refractivity contribution is 7.92. The van der Waals surface area contributed by atoms with Gasteiger partial charge in [-0.3, -0.25) is 4.98 Å². The first-order valence-electron chi connectivity index (χ1n) is 8.37. The third-order valence-electron chi connectivity index (χ3n) is 4.31. The van der Waals surface area contributed by atoms with Crippen LogP contribution >= 0.6 is 12.3 Å². The number of imidazole rings is 1. The Balaban J connectivity index is 2.02. The molecule has 0 saturated carbocycles. The Morgan fingerprint density at radius 2 is 2.00 bits per heavy atom. The predicted molar refractivity (Wildman–Crippen MR) is 103 cm³/mol. The molecule has 7 heteroatoms. The second kappa shape index (κ2) is 6.57. The van der Waals surface area contributed by atoms with Crippen molar-refractivity contribution in [2.45, 2.75) is 26.7 Å². The molecule has 5 nitrogen and oxygen atoms in total. The fraction of sp³-hybridized carbons (Fsp3) is 0.211. The van der Waals surface area contributed by atoms with E-state index < -0.39 is 0 Å². The number of aromatic nitrogens is 5. The van der Waals surface area contributed by atoms with Crippen molar-refractivity contribution in [2.75, 3.05) is 0 Å². The van der Waals surface area contributed by atoms with Crippen LogP contribution in [0.4, 0.5) is 3.89 Å². The molecule has 132 valence electrons. The second-order valence-corrected chi connectivity index (χ2v) is 6.96. The van der Waals surface area contributed by atoms with Crippen LogP contribution in [0.5, 0.6) is 0 Å². The molecule has 4 aromatic heterocycles. The molecule has 0 spiro atoms. The molecule has 0 amide bonds. The third kappa shape index (κ3) is 2.78. The fourth-order valence-electron chi connectivity index (χ4n) is 3.18. The largest absolute Gasteiger partial charge is 0.306 e. The molecular formula is C19H18FN5S. The molecule has 0 aliphatic rings. The van der Waals surface area contributed by atoms with E-state index in [0.29, 0.717) is 5.69 Å². The molecule has 0 aliphatic heterocycles. The molecule has 0 radical (unpaired) electrons. The van der Waals surface area contributed by atoms with Crippen LogP contribution in [-0.4, -0.2) is 23.6 Å². The lowest BCUT2D eigenvalue weighted by molar-refractivity contribution is 0.769. The van der Waals surface area contributed by atoms with Gasteiger partial charge >= 0.3 is 0 Å². The first-order chi connectivity index (χ1) is 12.6. The average molecular weight is 367 g/mol. The Labute approximate surface area is 155 Å². The highest BCUT2D eigenvalue weighted by atomic mass is 32.2. The average Bonchev–Trinajstić information content (AvgIpc) is 3.25. The molecule has 4 aromatic rings. The summed E-state index contributed by atoms with van der Waals surface area (Å²) < 4.78 is 16.9. The Morgan fingerprint density at radius 3 is 2.73 bits per heavy atom. The predicted octanol–water partition coefficient (Wildman–Crippen LogP) is 5.07. The van der Waals surface area contributed by atoms with Gasteiger partial charge in [-0.2, -0.15) is 9.19 Å². The lowest BCUT2D eigenvalue weighted by Gasteiger charge is -2.11. The smallest absolute Gasteiger partial charge is 0.187 e. The zero-order valence-corrected chi connectivity index (χ0v) is 15.5. The van der Waals surface area contributed by atoms with Gasteiger partial charge in [-0.25, -0.2) is 4.98 Å². The minimum absolute atomic E-state index is 0.0952. The summed E-state index contributed by atoms with van der Waals surface area (Å²) >= 11 is 0.116. The maximum atomic E-state index is 13.6. The molecule has 26 heavy (non-hydrogen) atoms. The number of rotatable bonds is 4. The topological polar surface area (TPSA) is 48.0 Å². The van der Waals surface area contributed by atoms with Crippen LogP contribution < -0.4 is 0 Å². The van der Waals surface area contributed by atoms with E-state index in [0.717, 1.165) is 33.9 Å². The normalized spacial score (nSPS) is 11.6. The van der Waals surface area contributed by atoms with Crippen molar-refractivity contribution in [1.29, 1.82) is 0 Å². The number of hydrogen-bond donors (Lipinski definition) is 0. The Kier molecular flexibility index (Phi) is 4.24. The summed E-state index contributed by atoms with van der Waals surface area (Å²) in [6.07, 6.45) is 5.65. The summed E-state index contributed by atoms with van der Waals surface area (Å²) in [5.74, 6) is 0.0952. The van der Waals surface area contributed by atoms with Crippen molar-refractivity contribution in [3.05, 3.63) is 60.3 Å². The zero-order valence-electron chi connectivity index (χ0n) is 14.7. The van der Waals surface area contributed by atoms with E-state index in [-0.39, 0.29) is 18.3 Å². The summed E-state index contributed by atoms with van der Waals surface area (Å²) in [6.45, 7) is 6.01. The standard InChI is InChI=1S/C19H18FN5S/c1-12(2)19-17(14-7-8-16-21-9-10-24(16)11-14)18(23-25(19)26-20)15-6-4-5-13(3)22-15/h4-12H,1-3H3. The van der Waals surface area contributed by atoms with Crippen molar-refractivity contribution >= 4 is 18.0 Å². The van der Waals surface area contributed by atoms with Gasteiger partial charge in [0.1, 0.15) is 11.3 Å². The van der Waals surface area contributed by atoms with Crippen molar-refractivity contribution in [3.8, 4) is 22.5 Å². The molecule has 0 aliphatic carbocycles. The van der Waals surface area contributed by atoms with Crippen LogP contribution in [0.25, 0.3) is 28.2 Å². The Bertz CT molecular complexity index is 1080. The van der Waals surface area contributed by atoms with E-state index in [2.05, 4.69) is 15.1 Å². The van der Waals surface area contributed by atoms with Crippen molar-refractivity contribution in [1.82, 2.24) is 23.6 Å². The fourth-order valence-corrected chi connectivity index (χ4v) is 3.67. The van der Waals surface area contributed by atoms with E-state index >= 15 is 0 Å². The van der Waals surface area contributed by atoms with E-state index in [4.69, 9.17) is 0 Å². The van der Waals surface area contributed by atoms with E-state index in [1.807, 2.05) is 67.9 Å². The monoisotopic (exact) mass is 367 g/mol. The summed E-state index contributed by atoms with van der Waals surface area (Å²) in [6, 6.07) is 9.73. The van der Waals surface area contributed by atoms with Crippen LogP contribution in [-0.2, 0) is 0 Å². The lowest BCUT2D eigenvalue weighted by Crippen LogP contribution is -1.99. The van der Waals surface area contributed by atoms with Gasteiger partial charge in [-0.1, -0.05) is 19.9 Å². The second-order valence-electron chi connectivity index (χ2n) is 6.48. The van der Waals surface area contributed by atoms with Crippen molar-refractivity contribution < 1.29 is 3.89 Å². The van der Waals surface area contributed by atoms with Gasteiger partial charge in [0.15, 0.2) is 12.3 Å². The number of fused-ring (bicyclic) bond motifs is 1. The molecule has 4 rings (SSSR count). The van der Waals surface area contributed by atoms with E-state index in [1.54, 1.807) is 6.20 Å². The molecule has 0 atom stereocenters. The molecule has 0 bridgehead atoms. The zero-order chi connectivity index (χ0) is 18.3. The van der Waals surface area contributed by atoms with Gasteiger partial charge < -0.3 is 4.40 Å². The van der Waals surface area contributed by atoms with Gasteiger partial charge in [0.05, 0.1) is 11.4 Å². The first-order valence-corrected chi connectivity index (χ1v) is 9.05. The number of halogens is 1. The maximum Gasteiger partial charge on any atom is 0.187 e. The minimum Gasteiger partial charge on any atom is -0.306 e. The SMILES string of the molecule is Cc1cccc(-c2nn(SF)c(C(C)C)c2-c2ccc3nccn3c2)n1. The molecule has 0 unspecified atom stereocenters. The summed E-state index contributed by atoms with van der Waals surface area (Å²) in [4.78, 5) is 8.89. The number of hydrogen-bond acceptors (Lipinski definition) is 4. The maximum absolute atomic E-state index is 13.6. The van der Waals surface area contributed by atoms with Crippen LogP contribution in [0.1, 0.15) is 31.2 Å². The van der Waals surface area contributed by atoms with E-state index in [1.165, 1.54) is 4.09 Å². The summed E-state index contributed by atoms with van der Waals surface area (Å²) in [7, 11) is 0. The lowest BCUT2D eigenvalue weighted by atomic mass is 9.97. The van der Waals surface area contributed by atoms with Crippen molar-refractivity contribution in [2.24, 2.45) is 0 Å². The first kappa shape index (κ1) is 16.8. The number of nitrogens with zero attached hydrogens (tertiary/aromatic N) is 5. The van der Waals surface area contributed by atoms with Crippen LogP contribution in [0.3, 0.4) is 0 Å². The third-order valence-corrected chi connectivity index (χ3v) is 4.72. The number of aryl methyl sites for hydroxylation is 1. The minimum atomic E-state index is 0.0952. The van der Waals surface area contributed by atoms with Crippen molar-refractivity contribution in [3.63, 3.8) is 0 Å². The molecular weight excluding hydrogens is 349 g/mol. The van der Waals surface area contributed by atoms with Gasteiger partial charge in [-0.15, -0.1) is 3.89 Å². The molecule has 0 saturated heterocycles. The Morgan fingerprint density at radius 1 is 1.15 bits per heavy atom. The molecule has 0 fully saturated rings. The van der Waals surface area contributed by atoms with Gasteiger partial charge in [0, 0.05) is 35.4 Å². The van der Waals surface area contributed by atoms with E-state index in [9.17, 15) is 3.89 Å². The molecule has 0 aromatic carbocycles. The van der Waals surface area contributed by atoms with Crippen LogP contribution in [0.15, 0.2) is 48.9 Å². The number of pyridine rings is 2. The summed E-state index contributed by atoms with van der Waals surface area (Å²) in [5.41, 5.74) is 5.86.